The van der Waals surface area contributed by atoms with Gasteiger partial charge in [0.2, 0.25) is 0 Å². The second kappa shape index (κ2) is 4.63. The third-order valence-electron chi connectivity index (χ3n) is 1.64. The average Bonchev–Trinajstić information content (AvgIpc) is 2.15. The molecule has 86 valence electrons. The normalized spacial score (nSPS) is 11.1. The van der Waals surface area contributed by atoms with Crippen molar-refractivity contribution in [1.82, 2.24) is 0 Å². The maximum atomic E-state index is 11.1. The van der Waals surface area contributed by atoms with Crippen LogP contribution in [0.4, 0.5) is 5.69 Å². The molecule has 0 aliphatic rings. The molecule has 0 saturated heterocycles. The van der Waals surface area contributed by atoms with Crippen LogP contribution in [0.3, 0.4) is 0 Å². The van der Waals surface area contributed by atoms with E-state index in [0.717, 1.165) is 12.1 Å². The Labute approximate surface area is 108 Å². The van der Waals surface area contributed by atoms with Crippen LogP contribution in [0.25, 0.3) is 0 Å². The van der Waals surface area contributed by atoms with Crippen LogP contribution in [-0.4, -0.2) is 19.6 Å². The van der Waals surface area contributed by atoms with Gasteiger partial charge in [0.15, 0.2) is 0 Å². The molecule has 0 aliphatic heterocycles. The molecule has 0 aliphatic carbocycles. The number of nitrogens with zero attached hydrogens (tertiary/aromatic N) is 1. The van der Waals surface area contributed by atoms with E-state index in [1.807, 2.05) is 0 Å². The maximum absolute atomic E-state index is 11.1. The molecular formula is C7H3ClINO5S. The molecule has 0 atom stereocenters. The third kappa shape index (κ3) is 2.68. The molecule has 0 heterocycles. The molecule has 0 saturated carbocycles. The quantitative estimate of drug-likeness (QED) is 0.264. The Hall–Kier alpha value is -0.740. The van der Waals surface area contributed by atoms with E-state index < -0.39 is 24.6 Å². The smallest absolute Gasteiger partial charge is 0.284 e. The predicted molar refractivity (Wildman–Crippen MR) is 64.2 cm³/mol. The van der Waals surface area contributed by atoms with E-state index in [1.165, 1.54) is 22.6 Å². The number of rotatable bonds is 3. The van der Waals surface area contributed by atoms with Crippen LogP contribution in [0, 0.1) is 13.7 Å². The summed E-state index contributed by atoms with van der Waals surface area (Å²) >= 11 is 1.49. The van der Waals surface area contributed by atoms with Gasteiger partial charge in [0, 0.05) is 22.3 Å². The summed E-state index contributed by atoms with van der Waals surface area (Å²) in [6.45, 7) is 0. The lowest BCUT2D eigenvalue weighted by atomic mass is 10.2. The topological polar surface area (TPSA) is 94.3 Å². The van der Waals surface area contributed by atoms with Gasteiger partial charge in [0.25, 0.3) is 14.7 Å². The second-order valence-corrected chi connectivity index (χ2v) is 6.28. The average molecular weight is 376 g/mol. The van der Waals surface area contributed by atoms with Gasteiger partial charge in [-0.3, -0.25) is 14.9 Å². The molecule has 0 bridgehead atoms. The highest BCUT2D eigenvalue weighted by molar-refractivity contribution is 14.1. The van der Waals surface area contributed by atoms with Crippen LogP contribution in [0.5, 0.6) is 0 Å². The van der Waals surface area contributed by atoms with Gasteiger partial charge in [0.1, 0.15) is 14.8 Å². The first-order valence-corrected chi connectivity index (χ1v) is 7.04. The molecule has 1 rings (SSSR count). The molecule has 16 heavy (non-hydrogen) atoms. The van der Waals surface area contributed by atoms with Crippen LogP contribution < -0.4 is 0 Å². The molecule has 0 fully saturated rings. The second-order valence-electron chi connectivity index (χ2n) is 2.66. The van der Waals surface area contributed by atoms with Crippen molar-refractivity contribution in [1.29, 1.82) is 0 Å². The van der Waals surface area contributed by atoms with Crippen molar-refractivity contribution in [3.05, 3.63) is 31.4 Å². The lowest BCUT2D eigenvalue weighted by molar-refractivity contribution is -0.386. The summed E-state index contributed by atoms with van der Waals surface area (Å²) in [5.74, 6) is 0. The number of hydrogen-bond donors (Lipinski definition) is 0. The first-order valence-electron chi connectivity index (χ1n) is 3.65. The van der Waals surface area contributed by atoms with Crippen molar-refractivity contribution in [3.8, 4) is 0 Å². The predicted octanol–water partition coefficient (Wildman–Crippen LogP) is 1.94. The standard InChI is InChI=1S/C7H3ClINO5S/c8-16(14,15)6-2-4(3-11)1-5(7(6)9)10(12)13/h1-3H. The van der Waals surface area contributed by atoms with E-state index in [1.54, 1.807) is 0 Å². The maximum Gasteiger partial charge on any atom is 0.284 e. The molecule has 0 radical (unpaired) electrons. The van der Waals surface area contributed by atoms with Gasteiger partial charge >= 0.3 is 0 Å². The largest absolute Gasteiger partial charge is 0.298 e. The van der Waals surface area contributed by atoms with Crippen molar-refractivity contribution < 1.29 is 18.1 Å². The Morgan fingerprint density at radius 1 is 1.44 bits per heavy atom. The van der Waals surface area contributed by atoms with Crippen molar-refractivity contribution in [2.75, 3.05) is 0 Å². The van der Waals surface area contributed by atoms with Gasteiger partial charge in [-0.05, 0) is 28.7 Å². The van der Waals surface area contributed by atoms with Gasteiger partial charge in [-0.15, -0.1) is 0 Å². The van der Waals surface area contributed by atoms with Gasteiger partial charge in [-0.1, -0.05) is 0 Å². The summed E-state index contributed by atoms with van der Waals surface area (Å²) < 4.78 is 22.1. The van der Waals surface area contributed by atoms with E-state index in [-0.39, 0.29) is 9.13 Å². The number of halogens is 2. The molecule has 6 nitrogen and oxygen atoms in total. The van der Waals surface area contributed by atoms with E-state index in [0.29, 0.717) is 6.29 Å². The highest BCUT2D eigenvalue weighted by Crippen LogP contribution is 2.30. The van der Waals surface area contributed by atoms with Crippen LogP contribution >= 0.6 is 33.3 Å². The Morgan fingerprint density at radius 3 is 2.38 bits per heavy atom. The van der Waals surface area contributed by atoms with Gasteiger partial charge in [0.05, 0.1) is 4.92 Å². The van der Waals surface area contributed by atoms with Crippen molar-refractivity contribution in [2.45, 2.75) is 4.90 Å². The number of aldehydes is 1. The summed E-state index contributed by atoms with van der Waals surface area (Å²) in [4.78, 5) is 19.9. The Kier molecular flexibility index (Phi) is 3.86. The van der Waals surface area contributed by atoms with Crippen LogP contribution in [0.2, 0.25) is 0 Å². The molecule has 1 aromatic rings. The van der Waals surface area contributed by atoms with Crippen molar-refractivity contribution in [2.24, 2.45) is 0 Å². The first-order chi connectivity index (χ1) is 7.27. The third-order valence-corrected chi connectivity index (χ3v) is 4.48. The molecule has 1 aromatic carbocycles. The molecule has 0 unspecified atom stereocenters. The molecular weight excluding hydrogens is 373 g/mol. The monoisotopic (exact) mass is 375 g/mol. The number of nitro benzene ring substituents is 1. The van der Waals surface area contributed by atoms with Gasteiger partial charge < -0.3 is 0 Å². The lowest BCUT2D eigenvalue weighted by Gasteiger charge is -2.02. The van der Waals surface area contributed by atoms with E-state index >= 15 is 0 Å². The Bertz CT molecular complexity index is 570. The number of carbonyl (C=O) groups excluding carboxylic acids is 1. The summed E-state index contributed by atoms with van der Waals surface area (Å²) in [7, 11) is 0.978. The zero-order valence-corrected chi connectivity index (χ0v) is 11.1. The van der Waals surface area contributed by atoms with Crippen LogP contribution in [0.15, 0.2) is 17.0 Å². The Balaban J connectivity index is 3.69. The minimum Gasteiger partial charge on any atom is -0.298 e. The highest BCUT2D eigenvalue weighted by Gasteiger charge is 2.24. The minimum absolute atomic E-state index is 0.119. The van der Waals surface area contributed by atoms with Crippen molar-refractivity contribution >= 4 is 54.3 Å². The number of benzene rings is 1. The van der Waals surface area contributed by atoms with Gasteiger partial charge in [-0.25, -0.2) is 8.42 Å². The molecule has 9 heteroatoms. The number of hydrogen-bond acceptors (Lipinski definition) is 5. The fourth-order valence-electron chi connectivity index (χ4n) is 0.982. The summed E-state index contributed by atoms with van der Waals surface area (Å²) in [6, 6.07) is 1.98. The highest BCUT2D eigenvalue weighted by atomic mass is 127. The Morgan fingerprint density at radius 2 is 2.00 bits per heavy atom. The zero-order valence-electron chi connectivity index (χ0n) is 7.38. The van der Waals surface area contributed by atoms with E-state index in [4.69, 9.17) is 10.7 Å². The SMILES string of the molecule is O=Cc1cc([N+](=O)[O-])c(I)c(S(=O)(=O)Cl)c1. The zero-order chi connectivity index (χ0) is 12.5. The summed E-state index contributed by atoms with van der Waals surface area (Å²) in [5.41, 5.74) is -0.587. The fourth-order valence-corrected chi connectivity index (χ4v) is 3.71. The molecule has 0 aromatic heterocycles. The van der Waals surface area contributed by atoms with E-state index in [2.05, 4.69) is 0 Å². The molecule has 0 amide bonds. The summed E-state index contributed by atoms with van der Waals surface area (Å²) in [6.07, 6.45) is 0.314. The molecule has 0 spiro atoms. The van der Waals surface area contributed by atoms with Crippen LogP contribution in [0.1, 0.15) is 10.4 Å². The van der Waals surface area contributed by atoms with Crippen LogP contribution in [-0.2, 0) is 9.05 Å². The summed E-state index contributed by atoms with van der Waals surface area (Å²) in [5, 5.41) is 10.6. The van der Waals surface area contributed by atoms with E-state index in [9.17, 15) is 23.3 Å². The fraction of sp³-hybridized carbons (Fsp3) is 0. The lowest BCUT2D eigenvalue weighted by Crippen LogP contribution is -2.01. The molecule has 0 N–H and O–H groups in total. The van der Waals surface area contributed by atoms with Gasteiger partial charge in [-0.2, -0.15) is 0 Å². The minimum atomic E-state index is -4.12. The van der Waals surface area contributed by atoms with Crippen molar-refractivity contribution in [3.63, 3.8) is 0 Å². The first kappa shape index (κ1) is 13.3. The number of carbonyl (C=O) groups is 1. The number of nitro groups is 1.